The van der Waals surface area contributed by atoms with Gasteiger partial charge in [0.15, 0.2) is 0 Å². The molecule has 0 N–H and O–H groups in total. The Balaban J connectivity index is 1.13. The Kier molecular flexibility index (Phi) is 10.3. The Morgan fingerprint density at radius 3 is 0.908 bits per heavy atom. The first-order valence-corrected chi connectivity index (χ1v) is 22.5. The van der Waals surface area contributed by atoms with Crippen LogP contribution in [0.5, 0.6) is 0 Å². The predicted molar refractivity (Wildman–Crippen MR) is 273 cm³/mol. The largest absolute Gasteiger partial charge is 0.310 e. The van der Waals surface area contributed by atoms with Gasteiger partial charge in [0.1, 0.15) is 0 Å². The monoisotopic (exact) mass is 832 g/mol. The van der Waals surface area contributed by atoms with Crippen molar-refractivity contribution >= 4 is 34.1 Å². The van der Waals surface area contributed by atoms with E-state index >= 15 is 0 Å². The van der Waals surface area contributed by atoms with Crippen LogP contribution < -0.4 is 9.80 Å². The van der Waals surface area contributed by atoms with E-state index in [9.17, 15) is 0 Å². The molecule has 0 fully saturated rings. The molecule has 0 heterocycles. The molecule has 0 unspecified atom stereocenters. The van der Waals surface area contributed by atoms with Gasteiger partial charge < -0.3 is 9.80 Å². The summed E-state index contributed by atoms with van der Waals surface area (Å²) < 4.78 is 0. The topological polar surface area (TPSA) is 6.48 Å². The number of hydrogen-bond donors (Lipinski definition) is 0. The van der Waals surface area contributed by atoms with E-state index in [0.29, 0.717) is 0 Å². The number of fused-ring (bicyclic) bond motifs is 3. The summed E-state index contributed by atoms with van der Waals surface area (Å²) in [7, 11) is 0. The Morgan fingerprint density at radius 1 is 0.262 bits per heavy atom. The molecule has 11 rings (SSSR count). The zero-order valence-electron chi connectivity index (χ0n) is 36.6. The molecule has 0 aromatic heterocycles. The quantitative estimate of drug-likeness (QED) is 0.135. The van der Waals surface area contributed by atoms with Crippen molar-refractivity contribution in [3.63, 3.8) is 0 Å². The lowest BCUT2D eigenvalue weighted by Gasteiger charge is -2.36. The van der Waals surface area contributed by atoms with Gasteiger partial charge >= 0.3 is 0 Å². The van der Waals surface area contributed by atoms with Crippen LogP contribution in [0.15, 0.2) is 255 Å². The van der Waals surface area contributed by atoms with Crippen molar-refractivity contribution in [2.75, 3.05) is 9.80 Å². The van der Waals surface area contributed by atoms with Crippen molar-refractivity contribution in [1.29, 1.82) is 0 Å². The molecule has 10 aromatic rings. The summed E-state index contributed by atoms with van der Waals surface area (Å²) in [5.41, 5.74) is 20.7. The predicted octanol–water partition coefficient (Wildman–Crippen LogP) is 16.9. The highest BCUT2D eigenvalue weighted by Crippen LogP contribution is 2.58. The number of anilines is 6. The fraction of sp³-hybridized carbons (Fsp3) is 0.0476. The Hall–Kier alpha value is -8.20. The van der Waals surface area contributed by atoms with Crippen LogP contribution in [0.2, 0.25) is 0 Å². The van der Waals surface area contributed by atoms with Crippen molar-refractivity contribution in [2.45, 2.75) is 19.3 Å². The standard InChI is InChI=1S/C63H48N2/c1-45-23-31-51(32-24-45)63(52-33-25-46(2)26-34-52)61-43-57(64(53-19-11-5-12-20-53)55-35-27-49(28-36-55)47-15-7-3-8-16-47)39-41-59(61)60-42-40-58(44-62(60)63)65(54-21-13-6-14-22-54)56-37-29-50(30-38-56)48-17-9-4-10-18-48/h3-44H,1-2H3. The van der Waals surface area contributed by atoms with Gasteiger partial charge in [0.2, 0.25) is 0 Å². The average molecular weight is 833 g/mol. The minimum atomic E-state index is -0.642. The number of aryl methyl sites for hydroxylation is 2. The lowest BCUT2D eigenvalue weighted by molar-refractivity contribution is 0.767. The molecule has 0 radical (unpaired) electrons. The maximum Gasteiger partial charge on any atom is 0.0715 e. The van der Waals surface area contributed by atoms with E-state index in [0.717, 1.165) is 34.1 Å². The van der Waals surface area contributed by atoms with E-state index < -0.39 is 5.41 Å². The van der Waals surface area contributed by atoms with Crippen LogP contribution in [0.1, 0.15) is 33.4 Å². The van der Waals surface area contributed by atoms with Gasteiger partial charge in [0, 0.05) is 34.1 Å². The summed E-state index contributed by atoms with van der Waals surface area (Å²) in [5, 5.41) is 0. The Morgan fingerprint density at radius 2 is 0.554 bits per heavy atom. The van der Waals surface area contributed by atoms with Gasteiger partial charge in [-0.2, -0.15) is 0 Å². The number of nitrogens with zero attached hydrogens (tertiary/aromatic N) is 2. The zero-order chi connectivity index (χ0) is 43.7. The van der Waals surface area contributed by atoms with E-state index in [1.165, 1.54) is 66.8 Å². The summed E-state index contributed by atoms with van der Waals surface area (Å²) in [6, 6.07) is 93.4. The smallest absolute Gasteiger partial charge is 0.0715 e. The summed E-state index contributed by atoms with van der Waals surface area (Å²) in [5.74, 6) is 0. The molecule has 0 spiro atoms. The fourth-order valence-electron chi connectivity index (χ4n) is 9.89. The molecule has 1 aliphatic carbocycles. The summed E-state index contributed by atoms with van der Waals surface area (Å²) in [4.78, 5) is 4.80. The van der Waals surface area contributed by atoms with Crippen molar-refractivity contribution < 1.29 is 0 Å². The van der Waals surface area contributed by atoms with Crippen molar-refractivity contribution in [3.8, 4) is 33.4 Å². The number of hydrogen-bond acceptors (Lipinski definition) is 2. The lowest BCUT2D eigenvalue weighted by atomic mass is 9.67. The van der Waals surface area contributed by atoms with E-state index in [2.05, 4.69) is 278 Å². The molecule has 2 heteroatoms. The molecule has 310 valence electrons. The van der Waals surface area contributed by atoms with Crippen molar-refractivity contribution in [3.05, 3.63) is 288 Å². The summed E-state index contributed by atoms with van der Waals surface area (Å²) in [6.07, 6.45) is 0. The van der Waals surface area contributed by atoms with Gasteiger partial charge in [-0.1, -0.05) is 193 Å². The van der Waals surface area contributed by atoms with Crippen LogP contribution in [0.4, 0.5) is 34.1 Å². The van der Waals surface area contributed by atoms with Crippen LogP contribution in [0.3, 0.4) is 0 Å². The van der Waals surface area contributed by atoms with Gasteiger partial charge in [0.25, 0.3) is 0 Å². The maximum absolute atomic E-state index is 2.46. The Bertz CT molecular complexity index is 2990. The van der Waals surface area contributed by atoms with Crippen LogP contribution in [0.25, 0.3) is 33.4 Å². The van der Waals surface area contributed by atoms with Gasteiger partial charge in [-0.25, -0.2) is 0 Å². The van der Waals surface area contributed by atoms with Crippen LogP contribution in [-0.2, 0) is 5.41 Å². The van der Waals surface area contributed by atoms with E-state index in [1.54, 1.807) is 0 Å². The van der Waals surface area contributed by atoms with E-state index in [4.69, 9.17) is 0 Å². The fourth-order valence-corrected chi connectivity index (χ4v) is 9.89. The molecule has 0 amide bonds. The molecule has 1 aliphatic rings. The minimum Gasteiger partial charge on any atom is -0.310 e. The number of para-hydroxylation sites is 2. The van der Waals surface area contributed by atoms with E-state index in [1.807, 2.05) is 0 Å². The highest BCUT2D eigenvalue weighted by Gasteiger charge is 2.47. The normalized spacial score (nSPS) is 12.3. The van der Waals surface area contributed by atoms with E-state index in [-0.39, 0.29) is 0 Å². The SMILES string of the molecule is Cc1ccc(C2(c3ccc(C)cc3)c3cc(N(c4ccccc4)c4ccc(-c5ccccc5)cc4)ccc3-c3ccc(N(c4ccccc4)c4ccc(-c5ccccc5)cc4)cc32)cc1. The molecular formula is C63H48N2. The molecule has 0 atom stereocenters. The van der Waals surface area contributed by atoms with Crippen molar-refractivity contribution in [1.82, 2.24) is 0 Å². The molecule has 0 bridgehead atoms. The van der Waals surface area contributed by atoms with Gasteiger partial charge in [-0.05, 0) is 142 Å². The molecule has 0 aliphatic heterocycles. The number of benzene rings is 10. The highest BCUT2D eigenvalue weighted by molar-refractivity contribution is 5.92. The number of rotatable bonds is 10. The summed E-state index contributed by atoms with van der Waals surface area (Å²) >= 11 is 0. The molecule has 10 aromatic carbocycles. The van der Waals surface area contributed by atoms with Gasteiger partial charge in [-0.15, -0.1) is 0 Å². The molecule has 0 saturated carbocycles. The first kappa shape index (κ1) is 39.6. The lowest BCUT2D eigenvalue weighted by Crippen LogP contribution is -2.29. The Labute approximate surface area is 383 Å². The van der Waals surface area contributed by atoms with Crippen LogP contribution in [-0.4, -0.2) is 0 Å². The molecule has 2 nitrogen and oxygen atoms in total. The summed E-state index contributed by atoms with van der Waals surface area (Å²) in [6.45, 7) is 4.35. The second kappa shape index (κ2) is 16.8. The van der Waals surface area contributed by atoms with Crippen LogP contribution in [0, 0.1) is 13.8 Å². The third-order valence-corrected chi connectivity index (χ3v) is 13.1. The van der Waals surface area contributed by atoms with Crippen molar-refractivity contribution in [2.24, 2.45) is 0 Å². The molecule has 65 heavy (non-hydrogen) atoms. The van der Waals surface area contributed by atoms with Gasteiger partial charge in [-0.3, -0.25) is 0 Å². The highest BCUT2D eigenvalue weighted by atomic mass is 15.1. The second-order valence-corrected chi connectivity index (χ2v) is 17.1. The molecular weight excluding hydrogens is 785 g/mol. The van der Waals surface area contributed by atoms with Crippen LogP contribution >= 0.6 is 0 Å². The first-order chi connectivity index (χ1) is 32.0. The third kappa shape index (κ3) is 7.20. The zero-order valence-corrected chi connectivity index (χ0v) is 36.6. The minimum absolute atomic E-state index is 0.642. The third-order valence-electron chi connectivity index (χ3n) is 13.1. The molecule has 0 saturated heterocycles. The second-order valence-electron chi connectivity index (χ2n) is 17.1. The average Bonchev–Trinajstić information content (AvgIpc) is 3.66. The first-order valence-electron chi connectivity index (χ1n) is 22.5. The maximum atomic E-state index is 2.46. The van der Waals surface area contributed by atoms with Gasteiger partial charge in [0.05, 0.1) is 5.41 Å².